The van der Waals surface area contributed by atoms with Crippen molar-refractivity contribution in [2.45, 2.75) is 6.18 Å². The third-order valence-corrected chi connectivity index (χ3v) is 2.80. The lowest BCUT2D eigenvalue weighted by Gasteiger charge is -2.09. The number of furan rings is 1. The molecule has 0 fully saturated rings. The highest BCUT2D eigenvalue weighted by Gasteiger charge is 2.31. The van der Waals surface area contributed by atoms with Gasteiger partial charge in [-0.25, -0.2) is 9.97 Å². The molecule has 2 heterocycles. The lowest BCUT2D eigenvalue weighted by molar-refractivity contribution is -0.137. The predicted molar refractivity (Wildman–Crippen MR) is 66.7 cm³/mol. The van der Waals surface area contributed by atoms with E-state index in [1.54, 1.807) is 12.1 Å². The van der Waals surface area contributed by atoms with Crippen LogP contribution < -0.4 is 5.73 Å². The van der Waals surface area contributed by atoms with Crippen molar-refractivity contribution in [3.63, 3.8) is 0 Å². The highest BCUT2D eigenvalue weighted by Crippen LogP contribution is 2.33. The number of nitrogens with zero attached hydrogens (tertiary/aromatic N) is 2. The minimum Gasteiger partial charge on any atom is -0.463 e. The van der Waals surface area contributed by atoms with Crippen LogP contribution >= 0.6 is 0 Å². The first-order valence-corrected chi connectivity index (χ1v) is 5.63. The van der Waals surface area contributed by atoms with Crippen LogP contribution in [0.1, 0.15) is 5.56 Å². The zero-order chi connectivity index (χ0) is 14.3. The highest BCUT2D eigenvalue weighted by atomic mass is 19.4. The van der Waals surface area contributed by atoms with Gasteiger partial charge in [-0.3, -0.25) is 0 Å². The van der Waals surface area contributed by atoms with Gasteiger partial charge in [0.2, 0.25) is 5.95 Å². The number of alkyl halides is 3. The molecule has 20 heavy (non-hydrogen) atoms. The standard InChI is InChI=1S/C13H8F3N3O/c14-13(15,16)7-3-4-8-9(6-7)18-12(17)19-11(8)10-2-1-5-20-10/h1-6H,(H2,17,18,19). The minimum absolute atomic E-state index is 0.108. The largest absolute Gasteiger partial charge is 0.463 e. The molecule has 2 aromatic heterocycles. The quantitative estimate of drug-likeness (QED) is 0.740. The van der Waals surface area contributed by atoms with Crippen LogP contribution in [0.2, 0.25) is 0 Å². The Balaban J connectivity index is 2.28. The van der Waals surface area contributed by atoms with E-state index in [0.717, 1.165) is 12.1 Å². The van der Waals surface area contributed by atoms with E-state index < -0.39 is 11.7 Å². The van der Waals surface area contributed by atoms with Gasteiger partial charge in [-0.05, 0) is 30.3 Å². The molecule has 3 aromatic rings. The van der Waals surface area contributed by atoms with E-state index in [4.69, 9.17) is 10.2 Å². The molecule has 0 saturated carbocycles. The fraction of sp³-hybridized carbons (Fsp3) is 0.0769. The number of aromatic nitrogens is 2. The van der Waals surface area contributed by atoms with Crippen molar-refractivity contribution in [3.05, 3.63) is 42.2 Å². The van der Waals surface area contributed by atoms with Crippen molar-refractivity contribution in [2.24, 2.45) is 0 Å². The Morgan fingerprint density at radius 1 is 1.10 bits per heavy atom. The molecule has 4 nitrogen and oxygen atoms in total. The van der Waals surface area contributed by atoms with Crippen LogP contribution in [0.15, 0.2) is 41.0 Å². The number of benzene rings is 1. The average Bonchev–Trinajstić information content (AvgIpc) is 2.89. The van der Waals surface area contributed by atoms with Gasteiger partial charge in [0.1, 0.15) is 5.69 Å². The monoisotopic (exact) mass is 279 g/mol. The van der Waals surface area contributed by atoms with Gasteiger partial charge in [-0.2, -0.15) is 13.2 Å². The number of halogens is 3. The lowest BCUT2D eigenvalue weighted by atomic mass is 10.1. The summed E-state index contributed by atoms with van der Waals surface area (Å²) in [7, 11) is 0. The van der Waals surface area contributed by atoms with Crippen LogP contribution in [0.3, 0.4) is 0 Å². The summed E-state index contributed by atoms with van der Waals surface area (Å²) in [5.74, 6) is 0.312. The summed E-state index contributed by atoms with van der Waals surface area (Å²) in [5, 5.41) is 0.446. The van der Waals surface area contributed by atoms with Crippen LogP contribution in [0, 0.1) is 0 Å². The molecule has 0 aliphatic carbocycles. The number of nitrogen functional groups attached to an aromatic ring is 1. The van der Waals surface area contributed by atoms with Crippen molar-refractivity contribution in [1.82, 2.24) is 9.97 Å². The first-order chi connectivity index (χ1) is 9.45. The smallest absolute Gasteiger partial charge is 0.416 e. The van der Waals surface area contributed by atoms with Crippen molar-refractivity contribution < 1.29 is 17.6 Å². The second kappa shape index (κ2) is 4.22. The summed E-state index contributed by atoms with van der Waals surface area (Å²) in [5.41, 5.74) is 5.25. The summed E-state index contributed by atoms with van der Waals surface area (Å²) < 4.78 is 43.3. The average molecular weight is 279 g/mol. The molecule has 0 unspecified atom stereocenters. The molecular formula is C13H8F3N3O. The normalized spacial score (nSPS) is 11.9. The van der Waals surface area contributed by atoms with E-state index in [1.165, 1.54) is 12.3 Å². The molecular weight excluding hydrogens is 271 g/mol. The molecule has 0 radical (unpaired) electrons. The molecule has 0 bridgehead atoms. The number of hydrogen-bond acceptors (Lipinski definition) is 4. The molecule has 102 valence electrons. The zero-order valence-corrected chi connectivity index (χ0v) is 9.98. The van der Waals surface area contributed by atoms with Crippen molar-refractivity contribution in [3.8, 4) is 11.5 Å². The molecule has 0 saturated heterocycles. The molecule has 0 atom stereocenters. The van der Waals surface area contributed by atoms with Crippen molar-refractivity contribution in [2.75, 3.05) is 5.73 Å². The molecule has 3 rings (SSSR count). The SMILES string of the molecule is Nc1nc(-c2ccco2)c2ccc(C(F)(F)F)cc2n1. The molecule has 0 aliphatic heterocycles. The van der Waals surface area contributed by atoms with E-state index in [0.29, 0.717) is 16.8 Å². The lowest BCUT2D eigenvalue weighted by Crippen LogP contribution is -2.05. The van der Waals surface area contributed by atoms with Crippen LogP contribution in [0.5, 0.6) is 0 Å². The van der Waals surface area contributed by atoms with Gasteiger partial charge in [0.05, 0.1) is 17.3 Å². The van der Waals surface area contributed by atoms with Gasteiger partial charge in [0, 0.05) is 5.39 Å². The maximum Gasteiger partial charge on any atom is 0.416 e. The number of rotatable bonds is 1. The second-order valence-electron chi connectivity index (χ2n) is 4.14. The molecule has 0 spiro atoms. The first-order valence-electron chi connectivity index (χ1n) is 5.63. The predicted octanol–water partition coefficient (Wildman–Crippen LogP) is 3.49. The highest BCUT2D eigenvalue weighted by molar-refractivity contribution is 5.92. The maximum atomic E-state index is 12.7. The van der Waals surface area contributed by atoms with Crippen LogP contribution in [0.25, 0.3) is 22.4 Å². The minimum atomic E-state index is -4.43. The molecule has 1 aromatic carbocycles. The Morgan fingerprint density at radius 2 is 1.90 bits per heavy atom. The van der Waals surface area contributed by atoms with E-state index in [1.807, 2.05) is 0 Å². The van der Waals surface area contributed by atoms with E-state index >= 15 is 0 Å². The van der Waals surface area contributed by atoms with E-state index in [2.05, 4.69) is 9.97 Å². The molecule has 7 heteroatoms. The first kappa shape index (κ1) is 12.5. The van der Waals surface area contributed by atoms with Crippen molar-refractivity contribution in [1.29, 1.82) is 0 Å². The van der Waals surface area contributed by atoms with E-state index in [9.17, 15) is 13.2 Å². The second-order valence-corrected chi connectivity index (χ2v) is 4.14. The van der Waals surface area contributed by atoms with Crippen LogP contribution in [-0.2, 0) is 6.18 Å². The summed E-state index contributed by atoms with van der Waals surface area (Å²) in [6, 6.07) is 6.55. The van der Waals surface area contributed by atoms with Gasteiger partial charge in [-0.1, -0.05) is 0 Å². The number of fused-ring (bicyclic) bond motifs is 1. The van der Waals surface area contributed by atoms with Crippen LogP contribution in [-0.4, -0.2) is 9.97 Å². The summed E-state index contributed by atoms with van der Waals surface area (Å²) in [6.07, 6.45) is -2.98. The van der Waals surface area contributed by atoms with Gasteiger partial charge >= 0.3 is 6.18 Å². The van der Waals surface area contributed by atoms with E-state index in [-0.39, 0.29) is 11.5 Å². The van der Waals surface area contributed by atoms with Gasteiger partial charge in [0.15, 0.2) is 5.76 Å². The molecule has 2 N–H and O–H groups in total. The Morgan fingerprint density at radius 3 is 2.55 bits per heavy atom. The third-order valence-electron chi connectivity index (χ3n) is 2.80. The fourth-order valence-corrected chi connectivity index (χ4v) is 1.93. The topological polar surface area (TPSA) is 64.9 Å². The van der Waals surface area contributed by atoms with Crippen molar-refractivity contribution >= 4 is 16.9 Å². The van der Waals surface area contributed by atoms with Gasteiger partial charge < -0.3 is 10.2 Å². The Bertz CT molecular complexity index is 766. The van der Waals surface area contributed by atoms with Gasteiger partial charge in [-0.15, -0.1) is 0 Å². The number of nitrogens with two attached hydrogens (primary N) is 1. The number of anilines is 1. The third kappa shape index (κ3) is 2.07. The maximum absolute atomic E-state index is 12.7. The summed E-state index contributed by atoms with van der Waals surface area (Å²) in [4.78, 5) is 7.87. The zero-order valence-electron chi connectivity index (χ0n) is 9.98. The Kier molecular flexibility index (Phi) is 2.63. The summed E-state index contributed by atoms with van der Waals surface area (Å²) in [6.45, 7) is 0. The molecule has 0 amide bonds. The fourth-order valence-electron chi connectivity index (χ4n) is 1.93. The molecule has 0 aliphatic rings. The number of hydrogen-bond donors (Lipinski definition) is 1. The van der Waals surface area contributed by atoms with Crippen LogP contribution in [0.4, 0.5) is 19.1 Å². The Labute approximate surface area is 111 Å². The Hall–Kier alpha value is -2.57. The summed E-state index contributed by atoms with van der Waals surface area (Å²) >= 11 is 0. The van der Waals surface area contributed by atoms with Gasteiger partial charge in [0.25, 0.3) is 0 Å².